The molecule has 2 aliphatic rings. The van der Waals surface area contributed by atoms with E-state index < -0.39 is 5.97 Å². The van der Waals surface area contributed by atoms with Crippen LogP contribution in [0.1, 0.15) is 39.5 Å². The van der Waals surface area contributed by atoms with E-state index in [1.54, 1.807) is 0 Å². The fourth-order valence-corrected chi connectivity index (χ4v) is 3.10. The molecule has 0 aromatic heterocycles. The third kappa shape index (κ3) is 2.31. The largest absolute Gasteiger partial charge is 0.481 e. The first kappa shape index (κ1) is 12.4. The van der Waals surface area contributed by atoms with Gasteiger partial charge in [-0.3, -0.25) is 9.59 Å². The summed E-state index contributed by atoms with van der Waals surface area (Å²) in [7, 11) is 0. The fraction of sp³-hybridized carbons (Fsp3) is 0.846. The van der Waals surface area contributed by atoms with Crippen LogP contribution in [-0.4, -0.2) is 23.1 Å². The lowest BCUT2D eigenvalue weighted by Gasteiger charge is -2.26. The molecule has 4 nitrogen and oxygen atoms in total. The summed E-state index contributed by atoms with van der Waals surface area (Å²) in [6, 6.07) is 0. The summed E-state index contributed by atoms with van der Waals surface area (Å²) in [5.74, 6) is -0.592. The Hall–Kier alpha value is -1.06. The summed E-state index contributed by atoms with van der Waals surface area (Å²) in [6.07, 6.45) is 3.09. The van der Waals surface area contributed by atoms with Crippen LogP contribution in [0.25, 0.3) is 0 Å². The monoisotopic (exact) mass is 240 g/mol. The number of carbonyl (C=O) groups excluding carboxylic acids is 1. The van der Waals surface area contributed by atoms with Crippen molar-refractivity contribution in [2.45, 2.75) is 45.6 Å². The molecular weight excluding hydrogens is 220 g/mol. The molecule has 0 aromatic rings. The lowest BCUT2D eigenvalue weighted by Crippen LogP contribution is -2.31. The maximum atomic E-state index is 11.7. The van der Waals surface area contributed by atoms with Crippen molar-refractivity contribution in [3.8, 4) is 0 Å². The molecule has 0 aliphatic heterocycles. The van der Waals surface area contributed by atoms with Gasteiger partial charge in [-0.1, -0.05) is 13.8 Å². The van der Waals surface area contributed by atoms with E-state index in [2.05, 4.69) is 0 Å². The van der Waals surface area contributed by atoms with Gasteiger partial charge in [0.05, 0.1) is 11.8 Å². The standard InChI is InChI=1S/C13H20O4/c1-3-7(2)13(16)17-11-6-8-4-9(11)5-10(8)12(14)15/h7-11H,3-6H2,1-2H3,(H,14,15). The Kier molecular flexibility index (Phi) is 3.40. The third-order valence-electron chi connectivity index (χ3n) is 4.39. The van der Waals surface area contributed by atoms with Crippen molar-refractivity contribution in [1.82, 2.24) is 0 Å². The van der Waals surface area contributed by atoms with Gasteiger partial charge in [0.1, 0.15) is 6.10 Å². The molecule has 96 valence electrons. The maximum absolute atomic E-state index is 11.7. The quantitative estimate of drug-likeness (QED) is 0.764. The Bertz CT molecular complexity index is 325. The normalized spacial score (nSPS) is 36.8. The first-order valence-electron chi connectivity index (χ1n) is 6.46. The second kappa shape index (κ2) is 4.67. The summed E-state index contributed by atoms with van der Waals surface area (Å²) >= 11 is 0. The molecule has 0 saturated heterocycles. The third-order valence-corrected chi connectivity index (χ3v) is 4.39. The minimum Gasteiger partial charge on any atom is -0.481 e. The molecule has 0 heterocycles. The SMILES string of the molecule is CCC(C)C(=O)OC1CC2CC1CC2C(=O)O. The number of carboxylic acid groups (broad SMARTS) is 1. The first-order valence-corrected chi connectivity index (χ1v) is 6.46. The molecule has 0 amide bonds. The van der Waals surface area contributed by atoms with Gasteiger partial charge in [0.15, 0.2) is 0 Å². The van der Waals surface area contributed by atoms with Crippen LogP contribution in [0.5, 0.6) is 0 Å². The van der Waals surface area contributed by atoms with E-state index in [0.717, 1.165) is 19.3 Å². The number of hydrogen-bond donors (Lipinski definition) is 1. The molecule has 0 radical (unpaired) electrons. The molecule has 2 bridgehead atoms. The maximum Gasteiger partial charge on any atom is 0.308 e. The summed E-state index contributed by atoms with van der Waals surface area (Å²) in [6.45, 7) is 3.84. The van der Waals surface area contributed by atoms with Crippen LogP contribution in [-0.2, 0) is 14.3 Å². The number of rotatable bonds is 4. The van der Waals surface area contributed by atoms with Gasteiger partial charge in [-0.2, -0.15) is 0 Å². The van der Waals surface area contributed by atoms with E-state index in [0.29, 0.717) is 6.42 Å². The molecule has 0 spiro atoms. The summed E-state index contributed by atoms with van der Waals surface area (Å²) in [4.78, 5) is 22.7. The summed E-state index contributed by atoms with van der Waals surface area (Å²) in [5.41, 5.74) is 0. The fourth-order valence-electron chi connectivity index (χ4n) is 3.10. The van der Waals surface area contributed by atoms with Gasteiger partial charge in [0, 0.05) is 0 Å². The highest BCUT2D eigenvalue weighted by molar-refractivity contribution is 5.73. The van der Waals surface area contributed by atoms with Crippen LogP contribution in [0, 0.1) is 23.7 Å². The minimum atomic E-state index is -0.691. The molecule has 2 saturated carbocycles. The molecule has 4 heteroatoms. The highest BCUT2D eigenvalue weighted by atomic mass is 16.5. The number of carboxylic acids is 1. The van der Waals surface area contributed by atoms with E-state index in [1.165, 1.54) is 0 Å². The number of esters is 1. The number of ether oxygens (including phenoxy) is 1. The van der Waals surface area contributed by atoms with Crippen LogP contribution in [0.4, 0.5) is 0 Å². The van der Waals surface area contributed by atoms with Crippen LogP contribution in [0.2, 0.25) is 0 Å². The predicted molar refractivity (Wildman–Crippen MR) is 61.3 cm³/mol. The van der Waals surface area contributed by atoms with Gasteiger partial charge in [-0.05, 0) is 37.5 Å². The lowest BCUT2D eigenvalue weighted by atomic mass is 9.87. The topological polar surface area (TPSA) is 63.6 Å². The molecule has 17 heavy (non-hydrogen) atoms. The van der Waals surface area contributed by atoms with E-state index in [4.69, 9.17) is 9.84 Å². The summed E-state index contributed by atoms with van der Waals surface area (Å²) < 4.78 is 5.49. The molecule has 5 unspecified atom stereocenters. The zero-order valence-corrected chi connectivity index (χ0v) is 10.4. The lowest BCUT2D eigenvalue weighted by molar-refractivity contribution is -0.157. The van der Waals surface area contributed by atoms with Crippen molar-refractivity contribution in [2.24, 2.45) is 23.7 Å². The van der Waals surface area contributed by atoms with Crippen molar-refractivity contribution >= 4 is 11.9 Å². The van der Waals surface area contributed by atoms with E-state index in [1.807, 2.05) is 13.8 Å². The van der Waals surface area contributed by atoms with Gasteiger partial charge >= 0.3 is 11.9 Å². The van der Waals surface area contributed by atoms with Crippen LogP contribution in [0.3, 0.4) is 0 Å². The van der Waals surface area contributed by atoms with Crippen molar-refractivity contribution in [2.75, 3.05) is 0 Å². The van der Waals surface area contributed by atoms with E-state index in [-0.39, 0.29) is 35.7 Å². The average Bonchev–Trinajstić information content (AvgIpc) is 2.86. The molecular formula is C13H20O4. The molecule has 2 fully saturated rings. The number of hydrogen-bond acceptors (Lipinski definition) is 3. The highest BCUT2D eigenvalue weighted by Gasteiger charge is 2.50. The second-order valence-electron chi connectivity index (χ2n) is 5.46. The smallest absolute Gasteiger partial charge is 0.308 e. The predicted octanol–water partition coefficient (Wildman–Crippen LogP) is 2.07. The van der Waals surface area contributed by atoms with Gasteiger partial charge in [-0.15, -0.1) is 0 Å². The van der Waals surface area contributed by atoms with Crippen LogP contribution >= 0.6 is 0 Å². The van der Waals surface area contributed by atoms with Crippen molar-refractivity contribution in [1.29, 1.82) is 0 Å². The molecule has 2 aliphatic carbocycles. The Labute approximate surface area is 101 Å². The second-order valence-corrected chi connectivity index (χ2v) is 5.46. The van der Waals surface area contributed by atoms with Crippen molar-refractivity contribution < 1.29 is 19.4 Å². The Morgan fingerprint density at radius 3 is 2.47 bits per heavy atom. The van der Waals surface area contributed by atoms with Gasteiger partial charge < -0.3 is 9.84 Å². The number of fused-ring (bicyclic) bond motifs is 2. The van der Waals surface area contributed by atoms with Gasteiger partial charge in [0.2, 0.25) is 0 Å². The van der Waals surface area contributed by atoms with Gasteiger partial charge in [0.25, 0.3) is 0 Å². The van der Waals surface area contributed by atoms with Crippen molar-refractivity contribution in [3.63, 3.8) is 0 Å². The Morgan fingerprint density at radius 2 is 2.00 bits per heavy atom. The highest BCUT2D eigenvalue weighted by Crippen LogP contribution is 2.49. The Morgan fingerprint density at radius 1 is 1.29 bits per heavy atom. The van der Waals surface area contributed by atoms with E-state index in [9.17, 15) is 9.59 Å². The molecule has 0 aromatic carbocycles. The zero-order valence-electron chi connectivity index (χ0n) is 10.4. The number of carbonyl (C=O) groups is 2. The molecule has 1 N–H and O–H groups in total. The number of aliphatic carboxylic acids is 1. The van der Waals surface area contributed by atoms with Crippen molar-refractivity contribution in [3.05, 3.63) is 0 Å². The first-order chi connectivity index (χ1) is 8.02. The zero-order chi connectivity index (χ0) is 12.6. The Balaban J connectivity index is 1.88. The summed E-state index contributed by atoms with van der Waals surface area (Å²) in [5, 5.41) is 9.02. The molecule has 2 rings (SSSR count). The minimum absolute atomic E-state index is 0.0305. The average molecular weight is 240 g/mol. The van der Waals surface area contributed by atoms with Crippen LogP contribution in [0.15, 0.2) is 0 Å². The van der Waals surface area contributed by atoms with E-state index >= 15 is 0 Å². The molecule has 5 atom stereocenters. The van der Waals surface area contributed by atoms with Gasteiger partial charge in [-0.25, -0.2) is 0 Å². The van der Waals surface area contributed by atoms with Crippen LogP contribution < -0.4 is 0 Å².